The third-order valence-corrected chi connectivity index (χ3v) is 3.56. The quantitative estimate of drug-likeness (QED) is 0.530. The fourth-order valence-corrected chi connectivity index (χ4v) is 2.41. The number of halogens is 3. The first-order valence-corrected chi connectivity index (χ1v) is 8.23. The van der Waals surface area contributed by atoms with Crippen LogP contribution in [0.5, 0.6) is 5.75 Å². The molecule has 0 spiro atoms. The molecule has 0 unspecified atom stereocenters. The van der Waals surface area contributed by atoms with Gasteiger partial charge in [-0.3, -0.25) is 0 Å². The normalized spacial score (nSPS) is 12.6. The molecule has 0 saturated carbocycles. The minimum atomic E-state index is -4.42. The number of carbonyl (C=O) groups is 1. The Hall–Kier alpha value is -3.02. The van der Waals surface area contributed by atoms with Crippen LogP contribution in [-0.4, -0.2) is 17.2 Å². The summed E-state index contributed by atoms with van der Waals surface area (Å²) < 4.78 is 43.9. The highest BCUT2D eigenvalue weighted by Crippen LogP contribution is 2.32. The molecule has 0 aliphatic rings. The highest BCUT2D eigenvalue weighted by Gasteiger charge is 2.30. The molecule has 1 N–H and O–H groups in total. The Bertz CT molecular complexity index is 830. The van der Waals surface area contributed by atoms with E-state index in [1.807, 2.05) is 13.8 Å². The summed E-state index contributed by atoms with van der Waals surface area (Å²) in [4.78, 5) is 10.7. The molecule has 2 rings (SSSR count). The zero-order valence-corrected chi connectivity index (χ0v) is 14.8. The summed E-state index contributed by atoms with van der Waals surface area (Å²) >= 11 is 0. The lowest BCUT2D eigenvalue weighted by Gasteiger charge is -2.13. The molecule has 0 radical (unpaired) electrons. The molecule has 0 aliphatic carbocycles. The van der Waals surface area contributed by atoms with Gasteiger partial charge >= 0.3 is 12.1 Å². The standard InChI is InChI=1S/C21H19F3O3/c1-14(2)27-18-12-8-16(9-13-18)19(4-3-5-20(25)26)15-6-10-17(11-7-15)21(22,23)24/h3-14H,1-2H3,(H,25,26). The van der Waals surface area contributed by atoms with E-state index in [-0.39, 0.29) is 6.10 Å². The van der Waals surface area contributed by atoms with E-state index >= 15 is 0 Å². The summed E-state index contributed by atoms with van der Waals surface area (Å²) in [6.45, 7) is 3.80. The summed E-state index contributed by atoms with van der Waals surface area (Å²) in [6, 6.07) is 11.8. The Balaban J connectivity index is 2.41. The summed E-state index contributed by atoms with van der Waals surface area (Å²) in [6.07, 6.45) is -0.552. The van der Waals surface area contributed by atoms with E-state index in [1.165, 1.54) is 18.2 Å². The molecule has 0 amide bonds. The van der Waals surface area contributed by atoms with Crippen LogP contribution >= 0.6 is 0 Å². The van der Waals surface area contributed by atoms with Crippen LogP contribution in [0.2, 0.25) is 0 Å². The van der Waals surface area contributed by atoms with Crippen LogP contribution in [0.25, 0.3) is 5.57 Å². The monoisotopic (exact) mass is 376 g/mol. The SMILES string of the molecule is CC(C)Oc1ccc(C(=CC=CC(=O)O)c2ccc(C(F)(F)F)cc2)cc1. The van der Waals surface area contributed by atoms with Gasteiger partial charge in [-0.25, -0.2) is 4.79 Å². The second kappa shape index (κ2) is 8.58. The lowest BCUT2D eigenvalue weighted by atomic mass is 9.96. The first kappa shape index (κ1) is 20.3. The second-order valence-corrected chi connectivity index (χ2v) is 6.04. The van der Waals surface area contributed by atoms with Gasteiger partial charge in [0.05, 0.1) is 11.7 Å². The number of hydrogen-bond donors (Lipinski definition) is 1. The Kier molecular flexibility index (Phi) is 6.45. The van der Waals surface area contributed by atoms with E-state index in [2.05, 4.69) is 0 Å². The predicted octanol–water partition coefficient (Wildman–Crippen LogP) is 5.57. The Morgan fingerprint density at radius 1 is 1.00 bits per heavy atom. The van der Waals surface area contributed by atoms with Gasteiger partial charge in [0.15, 0.2) is 0 Å². The second-order valence-electron chi connectivity index (χ2n) is 6.04. The maximum atomic E-state index is 12.8. The number of hydrogen-bond acceptors (Lipinski definition) is 2. The van der Waals surface area contributed by atoms with Crippen molar-refractivity contribution in [2.75, 3.05) is 0 Å². The van der Waals surface area contributed by atoms with Gasteiger partial charge in [0.1, 0.15) is 5.75 Å². The van der Waals surface area contributed by atoms with Gasteiger partial charge < -0.3 is 9.84 Å². The van der Waals surface area contributed by atoms with Gasteiger partial charge in [0, 0.05) is 6.08 Å². The van der Waals surface area contributed by atoms with Crippen LogP contribution in [0.4, 0.5) is 13.2 Å². The molecule has 0 saturated heterocycles. The zero-order chi connectivity index (χ0) is 20.0. The van der Waals surface area contributed by atoms with Gasteiger partial charge in [0.2, 0.25) is 0 Å². The maximum absolute atomic E-state index is 12.8. The zero-order valence-electron chi connectivity index (χ0n) is 14.8. The average Bonchev–Trinajstić information content (AvgIpc) is 2.58. The molecule has 142 valence electrons. The molecule has 2 aromatic carbocycles. The molecular weight excluding hydrogens is 357 g/mol. The van der Waals surface area contributed by atoms with Gasteiger partial charge in [-0.15, -0.1) is 0 Å². The minimum absolute atomic E-state index is 0.0132. The van der Waals surface area contributed by atoms with Crippen molar-refractivity contribution in [2.24, 2.45) is 0 Å². The predicted molar refractivity (Wildman–Crippen MR) is 97.5 cm³/mol. The van der Waals surface area contributed by atoms with Crippen molar-refractivity contribution >= 4 is 11.5 Å². The molecule has 3 nitrogen and oxygen atoms in total. The molecule has 0 fully saturated rings. The van der Waals surface area contributed by atoms with Crippen LogP contribution in [0.1, 0.15) is 30.5 Å². The van der Waals surface area contributed by atoms with Crippen molar-refractivity contribution in [1.29, 1.82) is 0 Å². The van der Waals surface area contributed by atoms with Crippen LogP contribution in [0.3, 0.4) is 0 Å². The smallest absolute Gasteiger partial charge is 0.416 e. The maximum Gasteiger partial charge on any atom is 0.416 e. The Morgan fingerprint density at radius 2 is 1.52 bits per heavy atom. The lowest BCUT2D eigenvalue weighted by Crippen LogP contribution is -2.05. The highest BCUT2D eigenvalue weighted by atomic mass is 19.4. The fraction of sp³-hybridized carbons (Fsp3) is 0.190. The van der Waals surface area contributed by atoms with Gasteiger partial charge in [-0.05, 0) is 54.8 Å². The van der Waals surface area contributed by atoms with Crippen molar-refractivity contribution in [2.45, 2.75) is 26.1 Å². The number of rotatable bonds is 6. The molecule has 6 heteroatoms. The van der Waals surface area contributed by atoms with Crippen LogP contribution in [-0.2, 0) is 11.0 Å². The largest absolute Gasteiger partial charge is 0.491 e. The molecule has 2 aromatic rings. The summed E-state index contributed by atoms with van der Waals surface area (Å²) in [5.74, 6) is -0.444. The van der Waals surface area contributed by atoms with E-state index in [4.69, 9.17) is 9.84 Å². The van der Waals surface area contributed by atoms with Crippen molar-refractivity contribution in [3.05, 3.63) is 83.4 Å². The molecule has 0 bridgehead atoms. The molecule has 27 heavy (non-hydrogen) atoms. The van der Waals surface area contributed by atoms with Crippen molar-refractivity contribution < 1.29 is 27.8 Å². The van der Waals surface area contributed by atoms with Crippen molar-refractivity contribution in [3.63, 3.8) is 0 Å². The Morgan fingerprint density at radius 3 is 1.96 bits per heavy atom. The highest BCUT2D eigenvalue weighted by molar-refractivity contribution is 5.84. The van der Waals surface area contributed by atoms with E-state index in [9.17, 15) is 18.0 Å². The molecule has 0 atom stereocenters. The summed E-state index contributed by atoms with van der Waals surface area (Å²) in [5, 5.41) is 8.76. The third kappa shape index (κ3) is 6.02. The van der Waals surface area contributed by atoms with E-state index in [1.54, 1.807) is 30.3 Å². The lowest BCUT2D eigenvalue weighted by molar-refractivity contribution is -0.137. The molecular formula is C21H19F3O3. The molecule has 0 aliphatic heterocycles. The van der Waals surface area contributed by atoms with E-state index in [0.717, 1.165) is 23.8 Å². The summed E-state index contributed by atoms with van der Waals surface area (Å²) in [7, 11) is 0. The number of aliphatic carboxylic acids is 1. The van der Waals surface area contributed by atoms with Gasteiger partial charge in [0.25, 0.3) is 0 Å². The minimum Gasteiger partial charge on any atom is -0.491 e. The number of carboxylic acid groups (broad SMARTS) is 1. The number of benzene rings is 2. The van der Waals surface area contributed by atoms with Crippen LogP contribution < -0.4 is 4.74 Å². The van der Waals surface area contributed by atoms with Crippen molar-refractivity contribution in [3.8, 4) is 5.75 Å². The number of alkyl halides is 3. The number of ether oxygens (including phenoxy) is 1. The topological polar surface area (TPSA) is 46.5 Å². The van der Waals surface area contributed by atoms with Gasteiger partial charge in [-0.1, -0.05) is 36.4 Å². The first-order valence-electron chi connectivity index (χ1n) is 8.23. The third-order valence-electron chi connectivity index (χ3n) is 3.56. The van der Waals surface area contributed by atoms with E-state index < -0.39 is 17.7 Å². The Labute approximate surface area is 155 Å². The van der Waals surface area contributed by atoms with Crippen molar-refractivity contribution in [1.82, 2.24) is 0 Å². The van der Waals surface area contributed by atoms with E-state index in [0.29, 0.717) is 16.9 Å². The number of allylic oxidation sites excluding steroid dienone is 2. The molecule has 0 aromatic heterocycles. The summed E-state index contributed by atoms with van der Waals surface area (Å²) in [5.41, 5.74) is 1.11. The first-order chi connectivity index (χ1) is 12.7. The van der Waals surface area contributed by atoms with Crippen LogP contribution in [0.15, 0.2) is 66.8 Å². The number of carboxylic acids is 1. The van der Waals surface area contributed by atoms with Crippen LogP contribution in [0, 0.1) is 0 Å². The molecule has 0 heterocycles. The fourth-order valence-electron chi connectivity index (χ4n) is 2.41. The van der Waals surface area contributed by atoms with Gasteiger partial charge in [-0.2, -0.15) is 13.2 Å². The average molecular weight is 376 g/mol.